The fraction of sp³-hybridized carbons (Fsp3) is 0.576. The Morgan fingerprint density at radius 2 is 1.83 bits per heavy atom. The fourth-order valence-corrected chi connectivity index (χ4v) is 6.20. The number of nitrogens with one attached hydrogen (secondary N) is 1. The summed E-state index contributed by atoms with van der Waals surface area (Å²) in [5, 5.41) is 13.8. The van der Waals surface area contributed by atoms with E-state index in [0.717, 1.165) is 38.5 Å². The maximum Gasteiger partial charge on any atom is 0.514 e. The first-order valence-corrected chi connectivity index (χ1v) is 15.0. The summed E-state index contributed by atoms with van der Waals surface area (Å²) in [6.45, 7) is 8.21. The smallest absolute Gasteiger partial charge is 0.427 e. The van der Waals surface area contributed by atoms with Gasteiger partial charge in [-0.3, -0.25) is 14.9 Å². The highest BCUT2D eigenvalue weighted by Gasteiger charge is 2.51. The summed E-state index contributed by atoms with van der Waals surface area (Å²) in [6.07, 6.45) is 18.3. The van der Waals surface area contributed by atoms with Crippen LogP contribution in [0.15, 0.2) is 60.2 Å². The molecule has 42 heavy (non-hydrogen) atoms. The first-order chi connectivity index (χ1) is 19.9. The van der Waals surface area contributed by atoms with Crippen molar-refractivity contribution in [2.75, 3.05) is 0 Å². The average Bonchev–Trinajstić information content (AvgIpc) is 3.66. The van der Waals surface area contributed by atoms with Crippen molar-refractivity contribution < 1.29 is 28.7 Å². The van der Waals surface area contributed by atoms with Gasteiger partial charge in [0, 0.05) is 24.3 Å². The van der Waals surface area contributed by atoms with Gasteiger partial charge in [-0.25, -0.2) is 4.79 Å². The summed E-state index contributed by atoms with van der Waals surface area (Å²) < 4.78 is 16.5. The lowest BCUT2D eigenvalue weighted by Gasteiger charge is -2.40. The Bertz CT molecular complexity index is 1200. The normalized spacial score (nSPS) is 25.7. The van der Waals surface area contributed by atoms with Gasteiger partial charge in [0.25, 0.3) is 5.69 Å². The Morgan fingerprint density at radius 3 is 2.48 bits per heavy atom. The molecule has 1 N–H and O–H groups in total. The third-order valence-electron chi connectivity index (χ3n) is 8.45. The van der Waals surface area contributed by atoms with E-state index in [2.05, 4.69) is 44.3 Å². The Kier molecular flexibility index (Phi) is 10.2. The number of amides is 1. The molecule has 228 valence electrons. The van der Waals surface area contributed by atoms with Gasteiger partial charge >= 0.3 is 6.16 Å². The number of carbonyl (C=O) groups is 2. The Morgan fingerprint density at radius 1 is 1.14 bits per heavy atom. The zero-order chi connectivity index (χ0) is 30.3. The van der Waals surface area contributed by atoms with Crippen LogP contribution in [0.4, 0.5) is 10.5 Å². The lowest BCUT2D eigenvalue weighted by molar-refractivity contribution is -0.384. The molecule has 2 aliphatic carbocycles. The number of nitrogens with zero attached hydrogens (tertiary/aromatic N) is 1. The molecule has 2 saturated carbocycles. The van der Waals surface area contributed by atoms with Gasteiger partial charge in [0.2, 0.25) is 5.91 Å². The number of nitro benzene ring substituents is 1. The monoisotopic (exact) mass is 580 g/mol. The molecule has 2 atom stereocenters. The molecule has 1 aromatic carbocycles. The number of allylic oxidation sites excluding steroid dienone is 3. The quantitative estimate of drug-likeness (QED) is 0.0767. The van der Waals surface area contributed by atoms with Crippen molar-refractivity contribution in [3.8, 4) is 5.75 Å². The van der Waals surface area contributed by atoms with Gasteiger partial charge in [0.1, 0.15) is 11.9 Å². The van der Waals surface area contributed by atoms with Crippen molar-refractivity contribution in [2.45, 2.75) is 109 Å². The van der Waals surface area contributed by atoms with E-state index in [0.29, 0.717) is 11.3 Å². The zero-order valence-corrected chi connectivity index (χ0v) is 25.2. The SMILES string of the molecule is CC(/C=C/[C@@H]1CC2(CC2)CC(C)(C)O1)=C\CC1CCC(NC(=O)/C=C\[C@H](C)OC(=O)Oc2ccc([N+](=O)[O-])cc2)CC1. The van der Waals surface area contributed by atoms with E-state index in [-0.39, 0.29) is 35.1 Å². The summed E-state index contributed by atoms with van der Waals surface area (Å²) in [5.41, 5.74) is 1.66. The second-order valence-corrected chi connectivity index (χ2v) is 12.9. The molecule has 0 aromatic heterocycles. The molecule has 0 bridgehead atoms. The van der Waals surface area contributed by atoms with Crippen LogP contribution in [0.5, 0.6) is 5.75 Å². The lowest BCUT2D eigenvalue weighted by Crippen LogP contribution is -2.39. The number of benzene rings is 1. The highest BCUT2D eigenvalue weighted by Crippen LogP contribution is 2.58. The highest BCUT2D eigenvalue weighted by molar-refractivity contribution is 5.87. The third-order valence-corrected chi connectivity index (χ3v) is 8.45. The predicted molar refractivity (Wildman–Crippen MR) is 160 cm³/mol. The number of ether oxygens (including phenoxy) is 3. The van der Waals surface area contributed by atoms with E-state index >= 15 is 0 Å². The van der Waals surface area contributed by atoms with Gasteiger partial charge in [-0.15, -0.1) is 0 Å². The van der Waals surface area contributed by atoms with Crippen LogP contribution in [0.2, 0.25) is 0 Å². The summed E-state index contributed by atoms with van der Waals surface area (Å²) in [6, 6.07) is 5.22. The molecular formula is C33H44N2O7. The van der Waals surface area contributed by atoms with Crippen molar-refractivity contribution in [1.29, 1.82) is 0 Å². The van der Waals surface area contributed by atoms with Crippen LogP contribution in [-0.4, -0.2) is 40.8 Å². The summed E-state index contributed by atoms with van der Waals surface area (Å²) in [5.74, 6) is 0.521. The van der Waals surface area contributed by atoms with Gasteiger partial charge in [-0.05, 0) is 115 Å². The standard InChI is InChI=1S/C33H44N2O7/c1-23(6-15-29-21-33(19-20-33)22-32(3,4)42-29)5-8-25-9-11-26(12-10-25)34-30(36)18-7-24(2)40-31(37)41-28-16-13-27(14-17-28)35(38)39/h5-7,13-18,24-26,29H,8-12,19-22H2,1-4H3,(H,34,36)/b15-6+,18-7-,23-5+/t24-,25?,26?,29+/m0/s1. The van der Waals surface area contributed by atoms with Gasteiger partial charge in [-0.1, -0.05) is 23.8 Å². The van der Waals surface area contributed by atoms with Crippen LogP contribution in [0.3, 0.4) is 0 Å². The van der Waals surface area contributed by atoms with Crippen LogP contribution >= 0.6 is 0 Å². The molecule has 3 fully saturated rings. The average molecular weight is 581 g/mol. The molecule has 1 spiro atoms. The molecule has 1 heterocycles. The maximum absolute atomic E-state index is 12.4. The van der Waals surface area contributed by atoms with Crippen LogP contribution in [0, 0.1) is 21.4 Å². The van der Waals surface area contributed by atoms with Gasteiger partial charge < -0.3 is 19.5 Å². The van der Waals surface area contributed by atoms with Crippen molar-refractivity contribution in [3.05, 3.63) is 70.3 Å². The molecule has 1 aliphatic heterocycles. The number of hydrogen-bond acceptors (Lipinski definition) is 7. The van der Waals surface area contributed by atoms with Crippen LogP contribution in [0.1, 0.15) is 85.5 Å². The Labute approximate surface area is 248 Å². The molecule has 0 radical (unpaired) electrons. The first-order valence-electron chi connectivity index (χ1n) is 15.0. The van der Waals surface area contributed by atoms with Crippen molar-refractivity contribution in [1.82, 2.24) is 5.32 Å². The molecular weight excluding hydrogens is 536 g/mol. The maximum atomic E-state index is 12.4. The molecule has 1 amide bonds. The molecule has 1 saturated heterocycles. The Balaban J connectivity index is 1.12. The molecule has 0 unspecified atom stereocenters. The van der Waals surface area contributed by atoms with E-state index in [9.17, 15) is 19.7 Å². The minimum atomic E-state index is -0.961. The largest absolute Gasteiger partial charge is 0.514 e. The minimum absolute atomic E-state index is 0.0377. The third kappa shape index (κ3) is 9.82. The Hall–Kier alpha value is -3.46. The van der Waals surface area contributed by atoms with Gasteiger partial charge in [0.15, 0.2) is 0 Å². The topological polar surface area (TPSA) is 117 Å². The second-order valence-electron chi connectivity index (χ2n) is 12.9. The molecule has 9 heteroatoms. The molecule has 9 nitrogen and oxygen atoms in total. The number of carbonyl (C=O) groups excluding carboxylic acids is 2. The molecule has 4 rings (SSSR count). The van der Waals surface area contributed by atoms with E-state index in [4.69, 9.17) is 14.2 Å². The van der Waals surface area contributed by atoms with Crippen molar-refractivity contribution >= 4 is 17.7 Å². The van der Waals surface area contributed by atoms with E-state index in [1.165, 1.54) is 61.3 Å². The molecule has 3 aliphatic rings. The lowest BCUT2D eigenvalue weighted by atomic mass is 9.82. The minimum Gasteiger partial charge on any atom is -0.427 e. The number of nitro groups is 1. The van der Waals surface area contributed by atoms with Gasteiger partial charge in [0.05, 0.1) is 16.6 Å². The van der Waals surface area contributed by atoms with Crippen molar-refractivity contribution in [3.63, 3.8) is 0 Å². The zero-order valence-electron chi connectivity index (χ0n) is 25.2. The number of rotatable bonds is 10. The predicted octanol–water partition coefficient (Wildman–Crippen LogP) is 7.36. The first kappa shape index (κ1) is 31.5. The highest BCUT2D eigenvalue weighted by atomic mass is 16.7. The van der Waals surface area contributed by atoms with E-state index < -0.39 is 17.2 Å². The summed E-state index contributed by atoms with van der Waals surface area (Å²) in [7, 11) is 0. The number of hydrogen-bond donors (Lipinski definition) is 1. The van der Waals surface area contributed by atoms with Gasteiger partial charge in [-0.2, -0.15) is 0 Å². The van der Waals surface area contributed by atoms with E-state index in [1.54, 1.807) is 6.92 Å². The van der Waals surface area contributed by atoms with E-state index in [1.807, 2.05) is 0 Å². The second kappa shape index (κ2) is 13.7. The van der Waals surface area contributed by atoms with Crippen LogP contribution in [-0.2, 0) is 14.3 Å². The van der Waals surface area contributed by atoms with Crippen LogP contribution < -0.4 is 10.1 Å². The molecule has 1 aromatic rings. The van der Waals surface area contributed by atoms with Crippen molar-refractivity contribution in [2.24, 2.45) is 11.3 Å². The van der Waals surface area contributed by atoms with Crippen LogP contribution in [0.25, 0.3) is 0 Å². The summed E-state index contributed by atoms with van der Waals surface area (Å²) in [4.78, 5) is 34.5. The number of non-ortho nitro benzene ring substituents is 1. The summed E-state index contributed by atoms with van der Waals surface area (Å²) >= 11 is 0. The fourth-order valence-electron chi connectivity index (χ4n) is 6.20.